The number of carbonyl (C=O) groups is 1. The molecule has 2 aromatic rings. The van der Waals surface area contributed by atoms with Crippen LogP contribution < -0.4 is 15.8 Å². The number of carbonyl (C=O) groups excluding carboxylic acids is 1. The van der Waals surface area contributed by atoms with Crippen molar-refractivity contribution in [2.24, 2.45) is 11.7 Å². The van der Waals surface area contributed by atoms with Crippen molar-refractivity contribution in [3.05, 3.63) is 42.0 Å². The molecule has 3 N–H and O–H groups in total. The number of benzene rings is 2. The fourth-order valence-corrected chi connectivity index (χ4v) is 2.93. The number of methoxy groups -OCH3 is 1. The highest BCUT2D eigenvalue weighted by molar-refractivity contribution is 5.85. The Hall–Kier alpha value is -2.07. The molecule has 1 saturated heterocycles. The van der Waals surface area contributed by atoms with Crippen molar-refractivity contribution in [3.63, 3.8) is 0 Å². The van der Waals surface area contributed by atoms with Gasteiger partial charge in [0.25, 0.3) is 0 Å². The van der Waals surface area contributed by atoms with E-state index >= 15 is 0 Å². The second kappa shape index (κ2) is 5.13. The number of nitrogens with one attached hydrogen (secondary N) is 1. The highest BCUT2D eigenvalue weighted by Gasteiger charge is 2.32. The van der Waals surface area contributed by atoms with Crippen LogP contribution in [0.25, 0.3) is 10.8 Å². The molecule has 1 aliphatic heterocycles. The van der Waals surface area contributed by atoms with Crippen molar-refractivity contribution in [2.45, 2.75) is 5.92 Å². The van der Waals surface area contributed by atoms with Crippen LogP contribution in [-0.4, -0.2) is 26.1 Å². The van der Waals surface area contributed by atoms with E-state index in [0.29, 0.717) is 6.54 Å². The molecule has 4 heteroatoms. The van der Waals surface area contributed by atoms with E-state index in [1.165, 1.54) is 0 Å². The first-order valence-electron chi connectivity index (χ1n) is 6.77. The summed E-state index contributed by atoms with van der Waals surface area (Å²) in [6.07, 6.45) is 0. The van der Waals surface area contributed by atoms with E-state index < -0.39 is 0 Å². The molecule has 0 aromatic heterocycles. The Balaban J connectivity index is 1.98. The lowest BCUT2D eigenvalue weighted by Crippen LogP contribution is -2.28. The quantitative estimate of drug-likeness (QED) is 0.891. The predicted octanol–water partition coefficient (Wildman–Crippen LogP) is 1.64. The molecule has 2 unspecified atom stereocenters. The lowest BCUT2D eigenvalue weighted by Gasteiger charge is -2.16. The first-order valence-corrected chi connectivity index (χ1v) is 6.77. The van der Waals surface area contributed by atoms with Gasteiger partial charge in [0, 0.05) is 19.0 Å². The van der Waals surface area contributed by atoms with Gasteiger partial charge in [0.05, 0.1) is 13.0 Å². The molecule has 1 heterocycles. The number of amides is 1. The number of ether oxygens (including phenoxy) is 1. The second-order valence-corrected chi connectivity index (χ2v) is 5.25. The number of hydrogen-bond donors (Lipinski definition) is 2. The van der Waals surface area contributed by atoms with Gasteiger partial charge in [0.1, 0.15) is 5.75 Å². The van der Waals surface area contributed by atoms with E-state index in [0.717, 1.165) is 28.6 Å². The lowest BCUT2D eigenvalue weighted by molar-refractivity contribution is -0.121. The Labute approximate surface area is 117 Å². The first kappa shape index (κ1) is 12.9. The van der Waals surface area contributed by atoms with Gasteiger partial charge in [-0.25, -0.2) is 0 Å². The third kappa shape index (κ3) is 2.23. The van der Waals surface area contributed by atoms with Crippen LogP contribution in [0.15, 0.2) is 36.4 Å². The summed E-state index contributed by atoms with van der Waals surface area (Å²) in [5.74, 6) is 0.669. The molecule has 0 saturated carbocycles. The minimum absolute atomic E-state index is 0.120. The summed E-state index contributed by atoms with van der Waals surface area (Å²) < 4.78 is 5.23. The standard InChI is InChI=1S/C16H18N2O2/c1-20-13-5-4-10-6-12(3-2-11(10)7-13)14-8-18-9-15(14)16(17)19/h2-7,14-15,18H,8-9H2,1H3,(H2,17,19). The van der Waals surface area contributed by atoms with E-state index in [-0.39, 0.29) is 17.7 Å². The highest BCUT2D eigenvalue weighted by atomic mass is 16.5. The van der Waals surface area contributed by atoms with Crippen LogP contribution in [0.3, 0.4) is 0 Å². The van der Waals surface area contributed by atoms with Gasteiger partial charge < -0.3 is 15.8 Å². The maximum absolute atomic E-state index is 11.5. The smallest absolute Gasteiger partial charge is 0.222 e. The van der Waals surface area contributed by atoms with Gasteiger partial charge in [-0.2, -0.15) is 0 Å². The molecule has 20 heavy (non-hydrogen) atoms. The fraction of sp³-hybridized carbons (Fsp3) is 0.312. The van der Waals surface area contributed by atoms with Crippen LogP contribution in [0, 0.1) is 5.92 Å². The predicted molar refractivity (Wildman–Crippen MR) is 78.8 cm³/mol. The number of primary amides is 1. The van der Waals surface area contributed by atoms with Crippen molar-refractivity contribution >= 4 is 16.7 Å². The zero-order valence-corrected chi connectivity index (χ0v) is 11.4. The first-order chi connectivity index (χ1) is 9.69. The summed E-state index contributed by atoms with van der Waals surface area (Å²) in [6, 6.07) is 12.3. The van der Waals surface area contributed by atoms with E-state index in [1.807, 2.05) is 18.2 Å². The Morgan fingerprint density at radius 3 is 2.70 bits per heavy atom. The maximum atomic E-state index is 11.5. The maximum Gasteiger partial charge on any atom is 0.222 e. The largest absolute Gasteiger partial charge is 0.497 e. The molecule has 1 aliphatic rings. The van der Waals surface area contributed by atoms with Crippen molar-refractivity contribution in [3.8, 4) is 5.75 Å². The Morgan fingerprint density at radius 1 is 1.20 bits per heavy atom. The van der Waals surface area contributed by atoms with Crippen molar-refractivity contribution < 1.29 is 9.53 Å². The fourth-order valence-electron chi connectivity index (χ4n) is 2.93. The number of fused-ring (bicyclic) bond motifs is 1. The van der Waals surface area contributed by atoms with Crippen LogP contribution in [0.2, 0.25) is 0 Å². The highest BCUT2D eigenvalue weighted by Crippen LogP contribution is 2.31. The van der Waals surface area contributed by atoms with E-state index in [2.05, 4.69) is 23.5 Å². The molecule has 1 amide bonds. The second-order valence-electron chi connectivity index (χ2n) is 5.25. The summed E-state index contributed by atoms with van der Waals surface area (Å²) in [5.41, 5.74) is 6.64. The zero-order valence-electron chi connectivity index (χ0n) is 11.4. The van der Waals surface area contributed by atoms with Gasteiger partial charge in [0.15, 0.2) is 0 Å². The van der Waals surface area contributed by atoms with Crippen molar-refractivity contribution in [1.82, 2.24) is 5.32 Å². The summed E-state index contributed by atoms with van der Waals surface area (Å²) in [6.45, 7) is 1.47. The average Bonchev–Trinajstić information content (AvgIpc) is 2.95. The third-order valence-corrected chi connectivity index (χ3v) is 4.08. The molecule has 4 nitrogen and oxygen atoms in total. The molecule has 1 fully saturated rings. The van der Waals surface area contributed by atoms with Gasteiger partial charge >= 0.3 is 0 Å². The van der Waals surface area contributed by atoms with Gasteiger partial charge in [-0.1, -0.05) is 24.3 Å². The normalized spacial score (nSPS) is 22.1. The summed E-state index contributed by atoms with van der Waals surface area (Å²) in [4.78, 5) is 11.5. The van der Waals surface area contributed by atoms with Gasteiger partial charge in [-0.3, -0.25) is 4.79 Å². The SMILES string of the molecule is COc1ccc2cc(C3CNCC3C(N)=O)ccc2c1. The van der Waals surface area contributed by atoms with E-state index in [9.17, 15) is 4.79 Å². The average molecular weight is 270 g/mol. The Kier molecular flexibility index (Phi) is 3.32. The van der Waals surface area contributed by atoms with Gasteiger partial charge in [0.2, 0.25) is 5.91 Å². The molecule has 0 radical (unpaired) electrons. The van der Waals surface area contributed by atoms with E-state index in [4.69, 9.17) is 10.5 Å². The molecule has 104 valence electrons. The molecule has 0 aliphatic carbocycles. The van der Waals surface area contributed by atoms with Gasteiger partial charge in [-0.15, -0.1) is 0 Å². The molecular weight excluding hydrogens is 252 g/mol. The molecule has 0 spiro atoms. The summed E-state index contributed by atoms with van der Waals surface area (Å²) in [7, 11) is 1.66. The molecular formula is C16H18N2O2. The zero-order chi connectivity index (χ0) is 14.1. The summed E-state index contributed by atoms with van der Waals surface area (Å²) in [5, 5.41) is 5.53. The minimum Gasteiger partial charge on any atom is -0.497 e. The molecule has 2 aromatic carbocycles. The van der Waals surface area contributed by atoms with Gasteiger partial charge in [-0.05, 0) is 28.5 Å². The van der Waals surface area contributed by atoms with Crippen molar-refractivity contribution in [1.29, 1.82) is 0 Å². The number of hydrogen-bond acceptors (Lipinski definition) is 3. The van der Waals surface area contributed by atoms with Crippen LogP contribution >= 0.6 is 0 Å². The molecule has 3 rings (SSSR count). The van der Waals surface area contributed by atoms with Crippen LogP contribution in [0.5, 0.6) is 5.75 Å². The minimum atomic E-state index is -0.227. The Morgan fingerprint density at radius 2 is 1.95 bits per heavy atom. The van der Waals surface area contributed by atoms with Crippen LogP contribution in [0.4, 0.5) is 0 Å². The lowest BCUT2D eigenvalue weighted by atomic mass is 9.87. The molecule has 2 atom stereocenters. The summed E-state index contributed by atoms with van der Waals surface area (Å²) >= 11 is 0. The van der Waals surface area contributed by atoms with Crippen LogP contribution in [-0.2, 0) is 4.79 Å². The molecule has 0 bridgehead atoms. The topological polar surface area (TPSA) is 64.3 Å². The number of nitrogens with two attached hydrogens (primary N) is 1. The van der Waals surface area contributed by atoms with Crippen LogP contribution in [0.1, 0.15) is 11.5 Å². The Bertz CT molecular complexity index is 654. The monoisotopic (exact) mass is 270 g/mol. The number of rotatable bonds is 3. The van der Waals surface area contributed by atoms with Crippen molar-refractivity contribution in [2.75, 3.05) is 20.2 Å². The third-order valence-electron chi connectivity index (χ3n) is 4.08. The van der Waals surface area contributed by atoms with E-state index in [1.54, 1.807) is 7.11 Å².